The van der Waals surface area contributed by atoms with Crippen LogP contribution < -0.4 is 15.6 Å². The molecule has 21 heavy (non-hydrogen) atoms. The van der Waals surface area contributed by atoms with Gasteiger partial charge >= 0.3 is 0 Å². The fraction of sp³-hybridized carbons (Fsp3) is 0.133. The first-order valence-electron chi connectivity index (χ1n) is 6.39. The fourth-order valence-corrected chi connectivity index (χ4v) is 1.55. The zero-order valence-corrected chi connectivity index (χ0v) is 11.4. The van der Waals surface area contributed by atoms with Gasteiger partial charge in [-0.1, -0.05) is 18.2 Å². The van der Waals surface area contributed by atoms with Crippen molar-refractivity contribution in [2.24, 2.45) is 0 Å². The number of hydrogen-bond acceptors (Lipinski definition) is 4. The molecule has 2 rings (SSSR count). The molecule has 0 aliphatic rings. The van der Waals surface area contributed by atoms with E-state index in [0.29, 0.717) is 11.3 Å². The van der Waals surface area contributed by atoms with Gasteiger partial charge in [-0.2, -0.15) is 0 Å². The molecule has 0 spiro atoms. The molecule has 0 saturated heterocycles. The Morgan fingerprint density at radius 2 is 1.86 bits per heavy atom. The molecule has 0 bridgehead atoms. The van der Waals surface area contributed by atoms with Crippen molar-refractivity contribution >= 4 is 11.8 Å². The first kappa shape index (κ1) is 14.5. The van der Waals surface area contributed by atoms with E-state index in [9.17, 15) is 9.59 Å². The highest BCUT2D eigenvalue weighted by atomic mass is 16.5. The molecule has 0 fully saturated rings. The maximum Gasteiger partial charge on any atom is 0.279 e. The highest BCUT2D eigenvalue weighted by Gasteiger charge is 2.15. The van der Waals surface area contributed by atoms with Gasteiger partial charge in [0.2, 0.25) is 0 Å². The number of nitrogens with one attached hydrogen (secondary N) is 2. The third kappa shape index (κ3) is 4.31. The Hall–Kier alpha value is -2.89. The molecule has 2 amide bonds. The van der Waals surface area contributed by atoms with E-state index >= 15 is 0 Å². The predicted molar refractivity (Wildman–Crippen MR) is 76.4 cm³/mol. The Morgan fingerprint density at radius 3 is 2.52 bits per heavy atom. The summed E-state index contributed by atoms with van der Waals surface area (Å²) in [6.07, 6.45) is 2.23. The second kappa shape index (κ2) is 7.04. The van der Waals surface area contributed by atoms with Crippen molar-refractivity contribution in [2.75, 3.05) is 0 Å². The van der Waals surface area contributed by atoms with E-state index in [2.05, 4.69) is 15.8 Å². The summed E-state index contributed by atoms with van der Waals surface area (Å²) in [4.78, 5) is 27.4. The number of ether oxygens (including phenoxy) is 1. The zero-order valence-electron chi connectivity index (χ0n) is 11.4. The molecule has 0 saturated carbocycles. The van der Waals surface area contributed by atoms with E-state index in [-0.39, 0.29) is 0 Å². The molecular formula is C15H15N3O3. The number of benzene rings is 1. The van der Waals surface area contributed by atoms with E-state index in [1.165, 1.54) is 6.20 Å². The average molecular weight is 285 g/mol. The fourth-order valence-electron chi connectivity index (χ4n) is 1.55. The minimum atomic E-state index is -0.735. The van der Waals surface area contributed by atoms with Crippen LogP contribution in [0.5, 0.6) is 5.75 Å². The zero-order chi connectivity index (χ0) is 15.1. The minimum absolute atomic E-state index is 0.356. The number of hydrogen-bond donors (Lipinski definition) is 2. The average Bonchev–Trinajstić information content (AvgIpc) is 2.54. The number of amides is 2. The van der Waals surface area contributed by atoms with E-state index in [1.54, 1.807) is 37.4 Å². The maximum atomic E-state index is 11.8. The van der Waals surface area contributed by atoms with Gasteiger partial charge in [0.05, 0.1) is 5.56 Å². The van der Waals surface area contributed by atoms with Crippen LogP contribution in [0.25, 0.3) is 0 Å². The van der Waals surface area contributed by atoms with Crippen LogP contribution in [0.1, 0.15) is 17.3 Å². The molecule has 6 heteroatoms. The van der Waals surface area contributed by atoms with Gasteiger partial charge < -0.3 is 4.74 Å². The van der Waals surface area contributed by atoms with Crippen LogP contribution in [0.15, 0.2) is 54.9 Å². The molecular weight excluding hydrogens is 270 g/mol. The normalized spacial score (nSPS) is 11.3. The molecule has 2 aromatic rings. The summed E-state index contributed by atoms with van der Waals surface area (Å²) in [7, 11) is 0. The largest absolute Gasteiger partial charge is 0.481 e. The van der Waals surface area contributed by atoms with Gasteiger partial charge in [-0.3, -0.25) is 25.4 Å². The Labute approximate surface area is 122 Å². The van der Waals surface area contributed by atoms with Gasteiger partial charge in [0.1, 0.15) is 5.75 Å². The summed E-state index contributed by atoms with van der Waals surface area (Å²) < 4.78 is 5.44. The van der Waals surface area contributed by atoms with Crippen molar-refractivity contribution in [2.45, 2.75) is 13.0 Å². The molecule has 1 atom stereocenters. The first-order chi connectivity index (χ1) is 10.2. The van der Waals surface area contributed by atoms with Gasteiger partial charge in [0.25, 0.3) is 11.8 Å². The SMILES string of the molecule is CC(Oc1ccccc1)C(=O)NNC(=O)c1cccnc1. The number of hydrazine groups is 1. The number of para-hydroxylation sites is 1. The summed E-state index contributed by atoms with van der Waals surface area (Å²) in [6.45, 7) is 1.60. The lowest BCUT2D eigenvalue weighted by Gasteiger charge is -2.15. The molecule has 1 unspecified atom stereocenters. The van der Waals surface area contributed by atoms with Crippen LogP contribution in [0, 0.1) is 0 Å². The molecule has 1 aromatic heterocycles. The van der Waals surface area contributed by atoms with E-state index in [4.69, 9.17) is 4.74 Å². The second-order valence-electron chi connectivity index (χ2n) is 4.26. The molecule has 108 valence electrons. The molecule has 0 aliphatic carbocycles. The highest BCUT2D eigenvalue weighted by Crippen LogP contribution is 2.10. The number of nitrogens with zero attached hydrogens (tertiary/aromatic N) is 1. The van der Waals surface area contributed by atoms with E-state index < -0.39 is 17.9 Å². The smallest absolute Gasteiger partial charge is 0.279 e. The summed E-state index contributed by atoms with van der Waals surface area (Å²) in [5, 5.41) is 0. The second-order valence-corrected chi connectivity index (χ2v) is 4.26. The molecule has 2 N–H and O–H groups in total. The standard InChI is InChI=1S/C15H15N3O3/c1-11(21-13-7-3-2-4-8-13)14(19)17-18-15(20)12-6-5-9-16-10-12/h2-11H,1H3,(H,17,19)(H,18,20). The lowest BCUT2D eigenvalue weighted by Crippen LogP contribution is -2.47. The van der Waals surface area contributed by atoms with Crippen molar-refractivity contribution in [1.82, 2.24) is 15.8 Å². The van der Waals surface area contributed by atoms with Crippen LogP contribution >= 0.6 is 0 Å². The molecule has 0 radical (unpaired) electrons. The number of rotatable bonds is 4. The van der Waals surface area contributed by atoms with Crippen molar-refractivity contribution in [3.05, 3.63) is 60.4 Å². The summed E-state index contributed by atoms with van der Waals surface area (Å²) in [5.74, 6) is -0.307. The lowest BCUT2D eigenvalue weighted by atomic mass is 10.3. The van der Waals surface area contributed by atoms with Crippen LogP contribution in [0.4, 0.5) is 0 Å². The molecule has 0 aliphatic heterocycles. The van der Waals surface area contributed by atoms with Gasteiger partial charge in [-0.05, 0) is 31.2 Å². The number of aromatic nitrogens is 1. The van der Waals surface area contributed by atoms with Crippen molar-refractivity contribution in [3.8, 4) is 5.75 Å². The summed E-state index contributed by atoms with van der Waals surface area (Å²) >= 11 is 0. The third-order valence-corrected chi connectivity index (χ3v) is 2.65. The number of pyridine rings is 1. The molecule has 6 nitrogen and oxygen atoms in total. The number of carbonyl (C=O) groups is 2. The van der Waals surface area contributed by atoms with Crippen molar-refractivity contribution in [3.63, 3.8) is 0 Å². The maximum absolute atomic E-state index is 11.8. The quantitative estimate of drug-likeness (QED) is 0.830. The van der Waals surface area contributed by atoms with Gasteiger partial charge in [-0.25, -0.2) is 0 Å². The van der Waals surface area contributed by atoms with Crippen molar-refractivity contribution in [1.29, 1.82) is 0 Å². The highest BCUT2D eigenvalue weighted by molar-refractivity contribution is 5.95. The lowest BCUT2D eigenvalue weighted by molar-refractivity contribution is -0.128. The third-order valence-electron chi connectivity index (χ3n) is 2.65. The van der Waals surface area contributed by atoms with E-state index in [1.807, 2.05) is 18.2 Å². The van der Waals surface area contributed by atoms with E-state index in [0.717, 1.165) is 0 Å². The Balaban J connectivity index is 1.83. The monoisotopic (exact) mass is 285 g/mol. The topological polar surface area (TPSA) is 80.3 Å². The molecule has 1 heterocycles. The minimum Gasteiger partial charge on any atom is -0.481 e. The summed E-state index contributed by atoms with van der Waals surface area (Å²) in [6, 6.07) is 12.2. The van der Waals surface area contributed by atoms with Gasteiger partial charge in [-0.15, -0.1) is 0 Å². The summed E-state index contributed by atoms with van der Waals surface area (Å²) in [5.41, 5.74) is 4.97. The van der Waals surface area contributed by atoms with Crippen LogP contribution in [0.3, 0.4) is 0 Å². The predicted octanol–water partition coefficient (Wildman–Crippen LogP) is 1.31. The Kier molecular flexibility index (Phi) is 4.87. The van der Waals surface area contributed by atoms with Crippen LogP contribution in [-0.4, -0.2) is 22.9 Å². The number of carbonyl (C=O) groups excluding carboxylic acids is 2. The van der Waals surface area contributed by atoms with Gasteiger partial charge in [0, 0.05) is 12.4 Å². The Bertz CT molecular complexity index is 602. The first-order valence-corrected chi connectivity index (χ1v) is 6.39. The van der Waals surface area contributed by atoms with Crippen molar-refractivity contribution < 1.29 is 14.3 Å². The molecule has 1 aromatic carbocycles. The van der Waals surface area contributed by atoms with Crippen LogP contribution in [-0.2, 0) is 4.79 Å². The van der Waals surface area contributed by atoms with Gasteiger partial charge in [0.15, 0.2) is 6.10 Å². The van der Waals surface area contributed by atoms with Crippen LogP contribution in [0.2, 0.25) is 0 Å². The Morgan fingerprint density at radius 1 is 1.10 bits per heavy atom.